The van der Waals surface area contributed by atoms with Gasteiger partial charge in [0.05, 0.1) is 13.2 Å². The van der Waals surface area contributed by atoms with Crippen LogP contribution in [0.5, 0.6) is 0 Å². The summed E-state index contributed by atoms with van der Waals surface area (Å²) in [4.78, 5) is 73.7. The Morgan fingerprint density at radius 2 is 1.33 bits per heavy atom. The number of carbonyl (C=O) groups excluding carboxylic acids is 3. The number of carbonyl (C=O) groups is 3. The highest BCUT2D eigenvalue weighted by Gasteiger charge is 2.46. The van der Waals surface area contributed by atoms with E-state index in [-0.39, 0.29) is 24.4 Å². The SMILES string of the molecule is CCCCCC(=O)/C=C/C=C\C/C=C\C/C=C\CCCC(=O)OC[C@H](COP(=O)(O)OP(=O)(O)OC[C@H]1O[C@@H](n2ccc(N)nc2=O)[C@H](O)[C@@H]1O)OC(=O)CCCCCCCCCCCCCCCC(C)C. The molecule has 72 heavy (non-hydrogen) atoms. The number of nitrogens with zero attached hydrogens (tertiary/aromatic N) is 2. The number of phosphoric ester groups is 2. The van der Waals surface area contributed by atoms with Crippen LogP contribution in [0.25, 0.3) is 0 Å². The number of rotatable bonds is 42. The summed E-state index contributed by atoms with van der Waals surface area (Å²) in [6.45, 7) is 4.25. The number of ether oxygens (including phenoxy) is 3. The molecule has 1 aliphatic rings. The minimum absolute atomic E-state index is 0.0249. The molecule has 0 radical (unpaired) electrons. The maximum atomic E-state index is 12.9. The van der Waals surface area contributed by atoms with E-state index >= 15 is 0 Å². The summed E-state index contributed by atoms with van der Waals surface area (Å²) in [5.41, 5.74) is 4.58. The van der Waals surface area contributed by atoms with Gasteiger partial charge in [-0.05, 0) is 56.6 Å². The first-order valence-corrected chi connectivity index (χ1v) is 29.0. The molecule has 0 aromatic carbocycles. The molecule has 0 amide bonds. The zero-order chi connectivity index (χ0) is 53.0. The van der Waals surface area contributed by atoms with E-state index in [1.165, 1.54) is 63.9 Å². The highest BCUT2D eigenvalue weighted by molar-refractivity contribution is 7.61. The minimum atomic E-state index is -5.44. The van der Waals surface area contributed by atoms with E-state index in [4.69, 9.17) is 29.0 Å². The molecule has 1 aromatic rings. The molecule has 2 unspecified atom stereocenters. The van der Waals surface area contributed by atoms with Crippen molar-refractivity contribution >= 4 is 39.2 Å². The molecule has 2 heterocycles. The van der Waals surface area contributed by atoms with Gasteiger partial charge in [0.25, 0.3) is 0 Å². The fourth-order valence-electron chi connectivity index (χ4n) is 7.50. The molecule has 410 valence electrons. The van der Waals surface area contributed by atoms with Crippen LogP contribution in [-0.2, 0) is 51.1 Å². The van der Waals surface area contributed by atoms with E-state index < -0.39 is 83.7 Å². The van der Waals surface area contributed by atoms with Crippen LogP contribution in [0.2, 0.25) is 0 Å². The highest BCUT2D eigenvalue weighted by Crippen LogP contribution is 2.60. The van der Waals surface area contributed by atoms with E-state index in [0.717, 1.165) is 68.0 Å². The molecule has 6 N–H and O–H groups in total. The Balaban J connectivity index is 1.83. The highest BCUT2D eigenvalue weighted by atomic mass is 31.3. The fourth-order valence-corrected chi connectivity index (χ4v) is 9.61. The number of hydrogen-bond acceptors (Lipinski definition) is 16. The molecule has 0 bridgehead atoms. The molecular weight excluding hydrogens is 973 g/mol. The second-order valence-electron chi connectivity index (χ2n) is 18.5. The van der Waals surface area contributed by atoms with Gasteiger partial charge in [-0.15, -0.1) is 0 Å². The molecule has 21 heteroatoms. The molecule has 19 nitrogen and oxygen atoms in total. The van der Waals surface area contributed by atoms with Gasteiger partial charge in [0.2, 0.25) is 0 Å². The maximum Gasteiger partial charge on any atom is 0.481 e. The Kier molecular flexibility index (Phi) is 34.1. The lowest BCUT2D eigenvalue weighted by Gasteiger charge is -2.21. The number of hydrogen-bond donors (Lipinski definition) is 5. The first-order chi connectivity index (χ1) is 34.4. The van der Waals surface area contributed by atoms with Crippen LogP contribution in [-0.4, -0.2) is 91.5 Å². The summed E-state index contributed by atoms with van der Waals surface area (Å²) in [6.07, 6.45) is 30.4. The minimum Gasteiger partial charge on any atom is -0.462 e. The fraction of sp³-hybridized carbons (Fsp3) is 0.706. The van der Waals surface area contributed by atoms with Crippen LogP contribution < -0.4 is 11.4 Å². The lowest BCUT2D eigenvalue weighted by Crippen LogP contribution is -2.36. The lowest BCUT2D eigenvalue weighted by molar-refractivity contribution is -0.161. The molecule has 0 saturated carbocycles. The van der Waals surface area contributed by atoms with Gasteiger partial charge in [-0.25, -0.2) is 13.9 Å². The zero-order valence-corrected chi connectivity index (χ0v) is 44.7. The predicted molar refractivity (Wildman–Crippen MR) is 275 cm³/mol. The van der Waals surface area contributed by atoms with Crippen LogP contribution in [0.15, 0.2) is 65.7 Å². The van der Waals surface area contributed by atoms with Crippen molar-refractivity contribution < 1.29 is 71.1 Å². The van der Waals surface area contributed by atoms with Gasteiger partial charge in [-0.2, -0.15) is 9.29 Å². The van der Waals surface area contributed by atoms with Crippen molar-refractivity contribution in [3.05, 3.63) is 71.4 Å². The Bertz CT molecular complexity index is 1970. The summed E-state index contributed by atoms with van der Waals surface area (Å²) in [5.74, 6) is -0.491. The van der Waals surface area contributed by atoms with Gasteiger partial charge in [0.1, 0.15) is 30.7 Å². The number of nitrogens with two attached hydrogens (primary N) is 1. The topological polar surface area (TPSA) is 283 Å². The van der Waals surface area contributed by atoms with Gasteiger partial charge in [-0.3, -0.25) is 28.0 Å². The largest absolute Gasteiger partial charge is 0.481 e. The number of aliphatic hydroxyl groups excluding tert-OH is 2. The predicted octanol–water partition coefficient (Wildman–Crippen LogP) is 9.98. The number of nitrogen functional groups attached to an aromatic ring is 1. The van der Waals surface area contributed by atoms with Gasteiger partial charge >= 0.3 is 33.3 Å². The third-order valence-electron chi connectivity index (χ3n) is 11.6. The Morgan fingerprint density at radius 1 is 0.750 bits per heavy atom. The quantitative estimate of drug-likeness (QED) is 0.0102. The number of unbranched alkanes of at least 4 members (excludes halogenated alkanes) is 15. The molecular formula is C51H85N3O16P2. The number of anilines is 1. The van der Waals surface area contributed by atoms with Crippen molar-refractivity contribution in [2.45, 2.75) is 206 Å². The zero-order valence-electron chi connectivity index (χ0n) is 42.9. The molecule has 2 rings (SSSR count). The summed E-state index contributed by atoms with van der Waals surface area (Å²) in [6, 6.07) is 1.24. The molecule has 1 fully saturated rings. The molecule has 1 saturated heterocycles. The molecule has 1 aliphatic heterocycles. The number of allylic oxidation sites excluding steroid dienone is 8. The van der Waals surface area contributed by atoms with Gasteiger partial charge in [0, 0.05) is 25.5 Å². The first-order valence-electron chi connectivity index (χ1n) is 26.0. The number of aliphatic hydroxyl groups is 2. The molecule has 1 aromatic heterocycles. The first kappa shape index (κ1) is 64.5. The van der Waals surface area contributed by atoms with Crippen molar-refractivity contribution in [2.24, 2.45) is 5.92 Å². The molecule has 7 atom stereocenters. The number of phosphoric acid groups is 2. The average Bonchev–Trinajstić information content (AvgIpc) is 3.60. The van der Waals surface area contributed by atoms with Gasteiger partial charge in [0.15, 0.2) is 18.1 Å². The monoisotopic (exact) mass is 1060 g/mol. The Labute approximate surface area is 426 Å². The lowest BCUT2D eigenvalue weighted by atomic mass is 10.0. The Morgan fingerprint density at radius 3 is 1.97 bits per heavy atom. The summed E-state index contributed by atoms with van der Waals surface area (Å²) >= 11 is 0. The van der Waals surface area contributed by atoms with E-state index in [2.05, 4.69) is 30.1 Å². The summed E-state index contributed by atoms with van der Waals surface area (Å²) in [5, 5.41) is 20.9. The van der Waals surface area contributed by atoms with Crippen LogP contribution in [0, 0.1) is 5.92 Å². The molecule has 0 spiro atoms. The summed E-state index contributed by atoms with van der Waals surface area (Å²) < 4.78 is 56.7. The second-order valence-corrected chi connectivity index (χ2v) is 21.6. The van der Waals surface area contributed by atoms with E-state index in [0.29, 0.717) is 32.1 Å². The van der Waals surface area contributed by atoms with Crippen LogP contribution >= 0.6 is 15.6 Å². The van der Waals surface area contributed by atoms with Gasteiger partial charge in [-0.1, -0.05) is 160 Å². The maximum absolute atomic E-state index is 12.9. The van der Waals surface area contributed by atoms with E-state index in [1.807, 2.05) is 36.5 Å². The van der Waals surface area contributed by atoms with Crippen molar-refractivity contribution in [3.63, 3.8) is 0 Å². The third kappa shape index (κ3) is 31.2. The van der Waals surface area contributed by atoms with Crippen LogP contribution in [0.1, 0.15) is 181 Å². The van der Waals surface area contributed by atoms with Crippen LogP contribution in [0.4, 0.5) is 5.82 Å². The molecule has 0 aliphatic carbocycles. The smallest absolute Gasteiger partial charge is 0.462 e. The van der Waals surface area contributed by atoms with Crippen molar-refractivity contribution in [1.29, 1.82) is 0 Å². The third-order valence-corrected chi connectivity index (χ3v) is 14.2. The van der Waals surface area contributed by atoms with Crippen LogP contribution in [0.3, 0.4) is 0 Å². The van der Waals surface area contributed by atoms with E-state index in [9.17, 15) is 48.3 Å². The number of aromatic nitrogens is 2. The Hall–Kier alpha value is -3.61. The normalized spacial score (nSPS) is 19.4. The van der Waals surface area contributed by atoms with Crippen molar-refractivity contribution in [3.8, 4) is 0 Å². The van der Waals surface area contributed by atoms with Crippen molar-refractivity contribution in [1.82, 2.24) is 9.55 Å². The van der Waals surface area contributed by atoms with E-state index in [1.54, 1.807) is 12.2 Å². The second kappa shape index (κ2) is 38.0. The number of esters is 2. The number of ketones is 1. The standard InChI is InChI=1S/C51H85N3O16P2/c1-4-5-26-32-42(55)33-28-23-19-15-11-9-13-16-20-24-29-34-46(56)65-38-43(68-47(57)35-30-25-21-17-12-8-6-7-10-14-18-22-27-31-41(2)3)39-66-71(61,62)70-72(63,64)67-40-44-48(58)49(59)50(69-44)54-37-36-45(52)53-51(54)60/h9,11,16,19-20,23,28,33,36-37,41,43-44,48-50,58-59H,4-8,10,12-15,17-18,21-22,24-27,29-32,34-35,38-40H2,1-3H3,(H,61,62)(H,63,64)(H2,52,53,60)/b11-9-,20-16-,23-19-,33-28+/t43-,44-,48-,49-,50-/m1/s1. The summed E-state index contributed by atoms with van der Waals surface area (Å²) in [7, 11) is -10.9. The van der Waals surface area contributed by atoms with Gasteiger partial charge < -0.3 is 39.9 Å². The van der Waals surface area contributed by atoms with Crippen molar-refractivity contribution in [2.75, 3.05) is 25.6 Å². The average molecular weight is 1060 g/mol.